The molecule has 1 aliphatic rings. The van der Waals surface area contributed by atoms with Crippen LogP contribution in [0.5, 0.6) is 0 Å². The SMILES string of the molecule is CSCCN=C(N)N1CCC1=O. The maximum absolute atomic E-state index is 10.9. The van der Waals surface area contributed by atoms with Crippen LogP contribution in [-0.2, 0) is 4.79 Å². The zero-order valence-electron chi connectivity index (χ0n) is 7.12. The van der Waals surface area contributed by atoms with E-state index in [0.717, 1.165) is 12.3 Å². The van der Waals surface area contributed by atoms with Gasteiger partial charge in [-0.3, -0.25) is 14.7 Å². The van der Waals surface area contributed by atoms with Crippen LogP contribution >= 0.6 is 11.8 Å². The number of nitrogens with zero attached hydrogens (tertiary/aromatic N) is 2. The van der Waals surface area contributed by atoms with Gasteiger partial charge in [0.2, 0.25) is 5.91 Å². The normalized spacial score (nSPS) is 17.9. The van der Waals surface area contributed by atoms with Gasteiger partial charge >= 0.3 is 0 Å². The fourth-order valence-corrected chi connectivity index (χ4v) is 1.17. The summed E-state index contributed by atoms with van der Waals surface area (Å²) in [7, 11) is 0. The van der Waals surface area contributed by atoms with E-state index in [-0.39, 0.29) is 5.91 Å². The van der Waals surface area contributed by atoms with Gasteiger partial charge in [0.25, 0.3) is 0 Å². The van der Waals surface area contributed by atoms with Gasteiger partial charge in [0.05, 0.1) is 6.54 Å². The number of hydrogen-bond donors (Lipinski definition) is 1. The first-order chi connectivity index (χ1) is 5.75. The van der Waals surface area contributed by atoms with Gasteiger partial charge in [-0.25, -0.2) is 0 Å². The average molecular weight is 187 g/mol. The number of aliphatic imine (C=N–C) groups is 1. The topological polar surface area (TPSA) is 58.7 Å². The minimum absolute atomic E-state index is 0.0837. The van der Waals surface area contributed by atoms with E-state index in [1.807, 2.05) is 6.26 Å². The standard InChI is InChI=1S/C7H13N3OS/c1-12-5-3-9-7(8)10-4-2-6(10)11/h2-5H2,1H3,(H2,8,9). The highest BCUT2D eigenvalue weighted by Gasteiger charge is 2.26. The zero-order chi connectivity index (χ0) is 8.97. The smallest absolute Gasteiger partial charge is 0.231 e. The average Bonchev–Trinajstić information content (AvgIpc) is 2.02. The number of likely N-dealkylation sites (tertiary alicyclic amines) is 1. The lowest BCUT2D eigenvalue weighted by molar-refractivity contribution is -0.134. The maximum atomic E-state index is 10.9. The highest BCUT2D eigenvalue weighted by atomic mass is 32.2. The highest BCUT2D eigenvalue weighted by Crippen LogP contribution is 2.07. The van der Waals surface area contributed by atoms with Crippen molar-refractivity contribution in [2.75, 3.05) is 25.1 Å². The van der Waals surface area contributed by atoms with Crippen LogP contribution in [0.25, 0.3) is 0 Å². The molecule has 5 heteroatoms. The van der Waals surface area contributed by atoms with Crippen molar-refractivity contribution in [2.45, 2.75) is 6.42 Å². The van der Waals surface area contributed by atoms with Crippen molar-refractivity contribution >= 4 is 23.6 Å². The zero-order valence-corrected chi connectivity index (χ0v) is 7.93. The first-order valence-electron chi connectivity index (χ1n) is 3.85. The van der Waals surface area contributed by atoms with Crippen molar-refractivity contribution in [1.29, 1.82) is 0 Å². The highest BCUT2D eigenvalue weighted by molar-refractivity contribution is 7.98. The molecule has 0 unspecified atom stereocenters. The lowest BCUT2D eigenvalue weighted by Crippen LogP contribution is -2.51. The predicted molar refractivity (Wildman–Crippen MR) is 51.2 cm³/mol. The number of hydrogen-bond acceptors (Lipinski definition) is 3. The molecule has 1 saturated heterocycles. The summed E-state index contributed by atoms with van der Waals surface area (Å²) in [5.41, 5.74) is 5.56. The van der Waals surface area contributed by atoms with Crippen LogP contribution in [-0.4, -0.2) is 41.9 Å². The molecule has 0 spiro atoms. The Labute approximate surface area is 76.2 Å². The van der Waals surface area contributed by atoms with Crippen LogP contribution < -0.4 is 5.73 Å². The Kier molecular flexibility index (Phi) is 3.40. The lowest BCUT2D eigenvalue weighted by Gasteiger charge is -2.29. The van der Waals surface area contributed by atoms with E-state index < -0.39 is 0 Å². The first-order valence-corrected chi connectivity index (χ1v) is 5.24. The molecule has 0 aromatic carbocycles. The minimum atomic E-state index is 0.0837. The predicted octanol–water partition coefficient (Wildman–Crippen LogP) is -0.104. The Bertz CT molecular complexity index is 205. The van der Waals surface area contributed by atoms with E-state index >= 15 is 0 Å². The van der Waals surface area contributed by atoms with Crippen molar-refractivity contribution in [3.05, 3.63) is 0 Å². The number of nitrogens with two attached hydrogens (primary N) is 1. The molecule has 12 heavy (non-hydrogen) atoms. The van der Waals surface area contributed by atoms with Gasteiger partial charge < -0.3 is 5.73 Å². The number of rotatable bonds is 3. The summed E-state index contributed by atoms with van der Waals surface area (Å²) in [5.74, 6) is 1.41. The van der Waals surface area contributed by atoms with Gasteiger partial charge in [-0.2, -0.15) is 11.8 Å². The fourth-order valence-electron chi connectivity index (χ4n) is 0.894. The maximum Gasteiger partial charge on any atom is 0.231 e. The largest absolute Gasteiger partial charge is 0.369 e. The van der Waals surface area contributed by atoms with Crippen molar-refractivity contribution in [1.82, 2.24) is 4.90 Å². The molecule has 0 aromatic heterocycles. The van der Waals surface area contributed by atoms with Crippen LogP contribution in [0.2, 0.25) is 0 Å². The molecule has 0 saturated carbocycles. The Morgan fingerprint density at radius 2 is 2.58 bits per heavy atom. The second-order valence-corrected chi connectivity index (χ2v) is 3.51. The molecule has 0 aromatic rings. The monoisotopic (exact) mass is 187 g/mol. The number of amides is 1. The fraction of sp³-hybridized carbons (Fsp3) is 0.714. The van der Waals surface area contributed by atoms with E-state index in [0.29, 0.717) is 18.9 Å². The molecule has 1 amide bonds. The van der Waals surface area contributed by atoms with E-state index in [1.54, 1.807) is 11.8 Å². The number of β-lactam (4-membered cyclic amide) rings is 1. The summed E-state index contributed by atoms with van der Waals surface area (Å²) in [5, 5.41) is 0. The molecule has 68 valence electrons. The molecule has 0 radical (unpaired) electrons. The number of guanidine groups is 1. The van der Waals surface area contributed by atoms with Crippen LogP contribution in [0, 0.1) is 0 Å². The van der Waals surface area contributed by atoms with Gasteiger partial charge in [-0.1, -0.05) is 0 Å². The van der Waals surface area contributed by atoms with Crippen molar-refractivity contribution < 1.29 is 4.79 Å². The number of carbonyl (C=O) groups excluding carboxylic acids is 1. The van der Waals surface area contributed by atoms with E-state index in [1.165, 1.54) is 4.90 Å². The van der Waals surface area contributed by atoms with Gasteiger partial charge in [0.15, 0.2) is 5.96 Å². The van der Waals surface area contributed by atoms with E-state index in [9.17, 15) is 4.79 Å². The second-order valence-electron chi connectivity index (χ2n) is 2.53. The Morgan fingerprint density at radius 3 is 3.00 bits per heavy atom. The summed E-state index contributed by atoms with van der Waals surface area (Å²) in [6, 6.07) is 0. The van der Waals surface area contributed by atoms with Gasteiger partial charge in [-0.05, 0) is 6.26 Å². The van der Waals surface area contributed by atoms with E-state index in [4.69, 9.17) is 5.73 Å². The summed E-state index contributed by atoms with van der Waals surface area (Å²) < 4.78 is 0. The molecule has 1 heterocycles. The van der Waals surface area contributed by atoms with Gasteiger partial charge in [0.1, 0.15) is 0 Å². The Hall–Kier alpha value is -0.710. The second kappa shape index (κ2) is 4.35. The molecular weight excluding hydrogens is 174 g/mol. The third-order valence-corrected chi connectivity index (χ3v) is 2.29. The van der Waals surface area contributed by atoms with E-state index in [2.05, 4.69) is 4.99 Å². The molecule has 0 bridgehead atoms. The molecule has 2 N–H and O–H groups in total. The summed E-state index contributed by atoms with van der Waals surface area (Å²) in [4.78, 5) is 16.4. The third-order valence-electron chi connectivity index (χ3n) is 1.70. The quantitative estimate of drug-likeness (QED) is 0.290. The van der Waals surface area contributed by atoms with Gasteiger partial charge in [-0.15, -0.1) is 0 Å². The molecule has 4 nitrogen and oxygen atoms in total. The van der Waals surface area contributed by atoms with Crippen LogP contribution in [0.4, 0.5) is 0 Å². The van der Waals surface area contributed by atoms with Crippen LogP contribution in [0.3, 0.4) is 0 Å². The van der Waals surface area contributed by atoms with Crippen LogP contribution in [0.15, 0.2) is 4.99 Å². The number of thioether (sulfide) groups is 1. The summed E-state index contributed by atoms with van der Waals surface area (Å²) in [6.45, 7) is 1.42. The molecule has 1 rings (SSSR count). The van der Waals surface area contributed by atoms with Crippen molar-refractivity contribution in [2.24, 2.45) is 10.7 Å². The minimum Gasteiger partial charge on any atom is -0.369 e. The molecule has 1 fully saturated rings. The lowest BCUT2D eigenvalue weighted by atomic mass is 10.2. The summed E-state index contributed by atoms with van der Waals surface area (Å²) >= 11 is 1.72. The number of carbonyl (C=O) groups is 1. The molecule has 0 atom stereocenters. The Morgan fingerprint density at radius 1 is 1.83 bits per heavy atom. The van der Waals surface area contributed by atoms with Crippen LogP contribution in [0.1, 0.15) is 6.42 Å². The molecule has 1 aliphatic heterocycles. The van der Waals surface area contributed by atoms with Gasteiger partial charge in [0, 0.05) is 18.7 Å². The summed E-state index contributed by atoms with van der Waals surface area (Å²) in [6.07, 6.45) is 2.62. The molecular formula is C7H13N3OS. The van der Waals surface area contributed by atoms with Crippen molar-refractivity contribution in [3.8, 4) is 0 Å². The first kappa shape index (κ1) is 9.38. The third kappa shape index (κ3) is 2.14. The van der Waals surface area contributed by atoms with Crippen molar-refractivity contribution in [3.63, 3.8) is 0 Å². The Balaban J connectivity index is 2.30. The molecule has 0 aliphatic carbocycles.